The summed E-state index contributed by atoms with van der Waals surface area (Å²) in [6.45, 7) is 7.93. The van der Waals surface area contributed by atoms with Crippen molar-refractivity contribution in [1.82, 2.24) is 10.3 Å². The van der Waals surface area contributed by atoms with Crippen LogP contribution in [-0.2, 0) is 4.74 Å². The average Bonchev–Trinajstić information content (AvgIpc) is 2.82. The molecule has 1 aromatic heterocycles. The Hall–Kier alpha value is -0.980. The van der Waals surface area contributed by atoms with Crippen LogP contribution in [0.1, 0.15) is 48.7 Å². The normalized spacial score (nSPS) is 12.7. The predicted molar refractivity (Wildman–Crippen MR) is 77.3 cm³/mol. The number of hydrogen-bond acceptors (Lipinski definition) is 5. The first kappa shape index (κ1) is 16.1. The minimum Gasteiger partial charge on any atom is -0.380 e. The van der Waals surface area contributed by atoms with Crippen LogP contribution in [0.25, 0.3) is 0 Å². The zero-order chi connectivity index (χ0) is 14.3. The summed E-state index contributed by atoms with van der Waals surface area (Å²) in [6.07, 6.45) is 1.04. The van der Waals surface area contributed by atoms with E-state index in [0.29, 0.717) is 24.8 Å². The Bertz CT molecular complexity index is 391. The van der Waals surface area contributed by atoms with Crippen LogP contribution in [0.15, 0.2) is 5.38 Å². The summed E-state index contributed by atoms with van der Waals surface area (Å²) in [6, 6.07) is -0.133. The molecule has 1 rings (SSSR count). The number of nitrogens with zero attached hydrogens (tertiary/aromatic N) is 1. The molecule has 0 saturated heterocycles. The number of rotatable bonds is 8. The average molecular weight is 285 g/mol. The van der Waals surface area contributed by atoms with Crippen LogP contribution in [0.2, 0.25) is 0 Å². The van der Waals surface area contributed by atoms with Gasteiger partial charge in [-0.2, -0.15) is 0 Å². The molecule has 1 heterocycles. The van der Waals surface area contributed by atoms with Crippen molar-refractivity contribution in [3.63, 3.8) is 0 Å². The highest BCUT2D eigenvalue weighted by Gasteiger charge is 2.11. The lowest BCUT2D eigenvalue weighted by molar-refractivity contribution is 0.0901. The zero-order valence-electron chi connectivity index (χ0n) is 11.8. The van der Waals surface area contributed by atoms with E-state index in [4.69, 9.17) is 10.5 Å². The number of hydrogen-bond donors (Lipinski definition) is 2. The van der Waals surface area contributed by atoms with E-state index in [0.717, 1.165) is 18.0 Å². The molecule has 0 saturated carbocycles. The Kier molecular flexibility index (Phi) is 6.97. The van der Waals surface area contributed by atoms with Gasteiger partial charge in [0, 0.05) is 18.5 Å². The molecule has 0 spiro atoms. The number of aromatic nitrogens is 1. The topological polar surface area (TPSA) is 77.2 Å². The largest absolute Gasteiger partial charge is 0.380 e. The number of carbonyl (C=O) groups excluding carboxylic acids is 1. The van der Waals surface area contributed by atoms with Gasteiger partial charge >= 0.3 is 0 Å². The maximum absolute atomic E-state index is 11.8. The van der Waals surface area contributed by atoms with E-state index in [1.807, 2.05) is 6.92 Å². The minimum absolute atomic E-state index is 0.133. The molecule has 0 aliphatic carbocycles. The first-order valence-corrected chi connectivity index (χ1v) is 7.45. The van der Waals surface area contributed by atoms with Crippen molar-refractivity contribution in [3.8, 4) is 0 Å². The van der Waals surface area contributed by atoms with Crippen molar-refractivity contribution < 1.29 is 9.53 Å². The molecule has 0 bridgehead atoms. The molecule has 0 radical (unpaired) electrons. The van der Waals surface area contributed by atoms with Crippen molar-refractivity contribution in [1.29, 1.82) is 0 Å². The molecular formula is C13H23N3O2S. The third kappa shape index (κ3) is 6.13. The molecule has 0 aromatic carbocycles. The fourth-order valence-electron chi connectivity index (χ4n) is 1.35. The SMILES string of the molecule is CC(C)CCOCCNC(=O)c1csc(C(C)N)n1. The lowest BCUT2D eigenvalue weighted by atomic mass is 10.1. The highest BCUT2D eigenvalue weighted by molar-refractivity contribution is 7.09. The van der Waals surface area contributed by atoms with Gasteiger partial charge in [0.15, 0.2) is 0 Å². The Balaban J connectivity index is 2.20. The van der Waals surface area contributed by atoms with E-state index in [9.17, 15) is 4.79 Å². The first-order valence-electron chi connectivity index (χ1n) is 6.57. The Labute approximate surface area is 118 Å². The molecule has 1 amide bonds. The van der Waals surface area contributed by atoms with Crippen LogP contribution >= 0.6 is 11.3 Å². The lowest BCUT2D eigenvalue weighted by Crippen LogP contribution is -2.27. The second-order valence-electron chi connectivity index (χ2n) is 4.91. The molecule has 0 fully saturated rings. The number of ether oxygens (including phenoxy) is 1. The van der Waals surface area contributed by atoms with Crippen LogP contribution in [0.4, 0.5) is 0 Å². The highest BCUT2D eigenvalue weighted by atomic mass is 32.1. The third-order valence-electron chi connectivity index (χ3n) is 2.52. The van der Waals surface area contributed by atoms with E-state index >= 15 is 0 Å². The van der Waals surface area contributed by atoms with Gasteiger partial charge in [-0.25, -0.2) is 4.98 Å². The van der Waals surface area contributed by atoms with Crippen molar-refractivity contribution in [2.24, 2.45) is 11.7 Å². The lowest BCUT2D eigenvalue weighted by Gasteiger charge is -2.07. The second kappa shape index (κ2) is 8.24. The number of thiazole rings is 1. The van der Waals surface area contributed by atoms with E-state index in [1.165, 1.54) is 11.3 Å². The number of nitrogens with one attached hydrogen (secondary N) is 1. The summed E-state index contributed by atoms with van der Waals surface area (Å²) in [5.41, 5.74) is 6.13. The minimum atomic E-state index is -0.171. The summed E-state index contributed by atoms with van der Waals surface area (Å²) >= 11 is 1.41. The van der Waals surface area contributed by atoms with Crippen LogP contribution in [0.5, 0.6) is 0 Å². The van der Waals surface area contributed by atoms with Crippen molar-refractivity contribution >= 4 is 17.2 Å². The standard InChI is InChI=1S/C13H23N3O2S/c1-9(2)4-6-18-7-5-15-12(17)11-8-19-13(16-11)10(3)14/h8-10H,4-7,14H2,1-3H3,(H,15,17). The number of amides is 1. The van der Waals surface area contributed by atoms with E-state index in [2.05, 4.69) is 24.1 Å². The monoisotopic (exact) mass is 285 g/mol. The Morgan fingerprint density at radius 1 is 1.47 bits per heavy atom. The molecular weight excluding hydrogens is 262 g/mol. The summed E-state index contributed by atoms with van der Waals surface area (Å²) < 4.78 is 5.42. The fourth-order valence-corrected chi connectivity index (χ4v) is 2.11. The smallest absolute Gasteiger partial charge is 0.270 e. The van der Waals surface area contributed by atoms with Gasteiger partial charge in [0.05, 0.1) is 12.6 Å². The van der Waals surface area contributed by atoms with Crippen molar-refractivity contribution in [2.75, 3.05) is 19.8 Å². The summed E-state index contributed by atoms with van der Waals surface area (Å²) in [4.78, 5) is 15.9. The third-order valence-corrected chi connectivity index (χ3v) is 3.56. The molecule has 19 heavy (non-hydrogen) atoms. The van der Waals surface area contributed by atoms with Crippen LogP contribution in [0.3, 0.4) is 0 Å². The van der Waals surface area contributed by atoms with Crippen LogP contribution in [0, 0.1) is 5.92 Å². The van der Waals surface area contributed by atoms with Gasteiger partial charge in [-0.15, -0.1) is 11.3 Å². The summed E-state index contributed by atoms with van der Waals surface area (Å²) in [7, 11) is 0. The quantitative estimate of drug-likeness (QED) is 0.716. The molecule has 3 N–H and O–H groups in total. The maximum atomic E-state index is 11.8. The second-order valence-corrected chi connectivity index (χ2v) is 5.80. The van der Waals surface area contributed by atoms with Crippen molar-refractivity contribution in [3.05, 3.63) is 16.1 Å². The molecule has 1 aromatic rings. The summed E-state index contributed by atoms with van der Waals surface area (Å²) in [5.74, 6) is 0.469. The van der Waals surface area contributed by atoms with E-state index in [-0.39, 0.29) is 11.9 Å². The van der Waals surface area contributed by atoms with Gasteiger partial charge in [0.2, 0.25) is 0 Å². The Morgan fingerprint density at radius 2 is 2.21 bits per heavy atom. The first-order chi connectivity index (χ1) is 9.00. The molecule has 6 heteroatoms. The predicted octanol–water partition coefficient (Wildman–Crippen LogP) is 1.96. The van der Waals surface area contributed by atoms with Gasteiger partial charge in [-0.05, 0) is 19.3 Å². The molecule has 0 aliphatic heterocycles. The molecule has 1 unspecified atom stereocenters. The molecule has 108 valence electrons. The van der Waals surface area contributed by atoms with Gasteiger partial charge in [0.25, 0.3) is 5.91 Å². The fraction of sp³-hybridized carbons (Fsp3) is 0.692. The maximum Gasteiger partial charge on any atom is 0.270 e. The van der Waals surface area contributed by atoms with Crippen molar-refractivity contribution in [2.45, 2.75) is 33.2 Å². The van der Waals surface area contributed by atoms with Crippen LogP contribution in [-0.4, -0.2) is 30.6 Å². The van der Waals surface area contributed by atoms with Gasteiger partial charge in [-0.3, -0.25) is 4.79 Å². The van der Waals surface area contributed by atoms with Gasteiger partial charge in [-0.1, -0.05) is 13.8 Å². The van der Waals surface area contributed by atoms with Gasteiger partial charge < -0.3 is 15.8 Å². The number of carbonyl (C=O) groups is 1. The van der Waals surface area contributed by atoms with E-state index < -0.39 is 0 Å². The molecule has 0 aliphatic rings. The van der Waals surface area contributed by atoms with Gasteiger partial charge in [0.1, 0.15) is 10.7 Å². The Morgan fingerprint density at radius 3 is 2.79 bits per heavy atom. The molecule has 5 nitrogen and oxygen atoms in total. The van der Waals surface area contributed by atoms with E-state index in [1.54, 1.807) is 5.38 Å². The highest BCUT2D eigenvalue weighted by Crippen LogP contribution is 2.15. The van der Waals surface area contributed by atoms with Crippen LogP contribution < -0.4 is 11.1 Å². The summed E-state index contributed by atoms with van der Waals surface area (Å²) in [5, 5.41) is 5.28. The zero-order valence-corrected chi connectivity index (χ0v) is 12.6. The molecule has 1 atom stereocenters. The number of nitrogens with two attached hydrogens (primary N) is 1.